The summed E-state index contributed by atoms with van der Waals surface area (Å²) in [6.07, 6.45) is 15.6. The van der Waals surface area contributed by atoms with Crippen molar-refractivity contribution < 1.29 is 33.7 Å². The van der Waals surface area contributed by atoms with Crippen molar-refractivity contribution in [1.82, 2.24) is 101 Å². The number of hydrazine groups is 2. The van der Waals surface area contributed by atoms with Crippen LogP contribution in [0.4, 0.5) is 34.8 Å². The van der Waals surface area contributed by atoms with Crippen molar-refractivity contribution in [3.63, 3.8) is 0 Å². The van der Waals surface area contributed by atoms with Gasteiger partial charge >= 0.3 is 0 Å². The Labute approximate surface area is 712 Å². The molecule has 0 saturated heterocycles. The SMILES string of the molecule is CC(=O)Nc1cccc(CNc2cc(C)nc(-c3ccccn3)n2)c1.CCc1cc(NNC(=O)c2ccc(C#N)cc2)nc(-c2ccccn2)n1.CCc1cc(NNC(=O)c2ccc(C)s2)nc(-c2ccccn2)n1.Cc1cc(CCCNC(=O)c2ccco2)nc(-c2ccccn2)n1.Cc1cc(Nc2ccn(CCCOO)n2)nc(-c2ccccn2)n1. The molecule has 15 rings (SSSR count). The molecular weight excluding hydrogens is 1580 g/mol. The van der Waals surface area contributed by atoms with E-state index in [1.807, 2.05) is 205 Å². The summed E-state index contributed by atoms with van der Waals surface area (Å²) in [5, 5.41) is 33.6. The molecule has 2 aromatic carbocycles. The second-order valence-electron chi connectivity index (χ2n) is 26.8. The Kier molecular flexibility index (Phi) is 32.8. The van der Waals surface area contributed by atoms with Gasteiger partial charge in [-0.25, -0.2) is 54.7 Å². The highest BCUT2D eigenvalue weighted by Gasteiger charge is 2.16. The van der Waals surface area contributed by atoms with E-state index in [4.69, 9.17) is 14.9 Å². The molecule has 123 heavy (non-hydrogen) atoms. The second kappa shape index (κ2) is 45.8. The van der Waals surface area contributed by atoms with Crippen LogP contribution in [0.5, 0.6) is 0 Å². The predicted molar refractivity (Wildman–Crippen MR) is 468 cm³/mol. The molecule has 9 N–H and O–H groups in total. The first kappa shape index (κ1) is 88.1. The molecule has 33 nitrogen and oxygen atoms in total. The fraction of sp³-hybridized carbons (Fsp3) is 0.180. The van der Waals surface area contributed by atoms with E-state index in [-0.39, 0.29) is 30.2 Å². The number of nitriles is 1. The topological polar surface area (TPSA) is 442 Å². The maximum atomic E-state index is 12.2. The van der Waals surface area contributed by atoms with Crippen LogP contribution < -0.4 is 43.0 Å². The monoisotopic (exact) mass is 1660 g/mol. The lowest BCUT2D eigenvalue weighted by molar-refractivity contribution is -0.243. The minimum atomic E-state index is -0.328. The summed E-state index contributed by atoms with van der Waals surface area (Å²) in [5.41, 5.74) is 22.5. The summed E-state index contributed by atoms with van der Waals surface area (Å²) < 4.78 is 6.82. The molecule has 4 amide bonds. The van der Waals surface area contributed by atoms with Crippen LogP contribution in [0.3, 0.4) is 0 Å². The molecule has 0 aliphatic heterocycles. The summed E-state index contributed by atoms with van der Waals surface area (Å²) in [7, 11) is 0. The van der Waals surface area contributed by atoms with Gasteiger partial charge in [-0.15, -0.1) is 11.3 Å². The zero-order chi connectivity index (χ0) is 86.5. The molecule has 0 aliphatic rings. The number of hydrogen-bond acceptors (Lipinski definition) is 29. The van der Waals surface area contributed by atoms with Crippen molar-refractivity contribution in [2.75, 3.05) is 40.0 Å². The first-order valence-electron chi connectivity index (χ1n) is 39.0. The quantitative estimate of drug-likeness (QED) is 0.0125. The molecule has 0 fully saturated rings. The van der Waals surface area contributed by atoms with Crippen molar-refractivity contribution in [2.24, 2.45) is 0 Å². The third kappa shape index (κ3) is 28.2. The average Bonchev–Trinajstić information content (AvgIpc) is 1.81. The van der Waals surface area contributed by atoms with Crippen LogP contribution in [-0.2, 0) is 42.0 Å². The summed E-state index contributed by atoms with van der Waals surface area (Å²) in [4.78, 5) is 119. The van der Waals surface area contributed by atoms with Crippen LogP contribution in [0, 0.1) is 39.0 Å². The van der Waals surface area contributed by atoms with Gasteiger partial charge in [0.05, 0.1) is 29.4 Å². The molecule has 34 heteroatoms. The van der Waals surface area contributed by atoms with Crippen LogP contribution in [-0.4, -0.2) is 127 Å². The molecule has 0 radical (unpaired) electrons. The third-order valence-electron chi connectivity index (χ3n) is 17.1. The van der Waals surface area contributed by atoms with Gasteiger partial charge in [0.15, 0.2) is 40.7 Å². The number of amides is 4. The summed E-state index contributed by atoms with van der Waals surface area (Å²) >= 11 is 1.44. The van der Waals surface area contributed by atoms with Crippen LogP contribution in [0.25, 0.3) is 57.6 Å². The van der Waals surface area contributed by atoms with Crippen LogP contribution in [0.1, 0.15) is 114 Å². The standard InChI is InChI=1S/C19H16N6O.C19H19N5O.C18H18N4O2.C17H17N5OS.C16H18N6O2/c1-2-15-11-17(23-18(22-15)16-5-3-4-10-21-16)24-25-19(26)14-8-6-13(12-20)7-9-14;1-13-10-18(24-19(22-13)17-8-3-4-9-20-17)21-12-15-6-5-7-16(11-15)23-14(2)25;1-13-12-14(22-17(21-13)15-7-2-3-9-19-15)6-4-10-20-18(23)16-8-5-11-24-16;1-3-12-10-15(20-16(19-12)13-6-4-5-9-18-13)21-22-17(23)14-8-7-11(2)24-14;1-12-11-15(20-16(18-12)13-5-2-3-7-17-13)19-14-6-9-22(21-14)8-4-10-24-23/h3-11H,2H2,1H3,(H,25,26)(H,22,23,24);3-11H,12H2,1-2H3,(H,23,25)(H,21,22,24);2-3,5,7-9,11-12H,4,6,10H2,1H3,(H,20,23);4-10H,3H2,1-2H3,(H,22,23)(H,19,20,21);2-3,5-7,9,11,23H,4,8,10H2,1H3,(H,18,19,20,21). The third-order valence-corrected chi connectivity index (χ3v) is 18.1. The number of nitrogens with zero attached hydrogens (tertiary/aromatic N) is 18. The lowest BCUT2D eigenvalue weighted by Crippen LogP contribution is -2.30. The number of carbonyl (C=O) groups is 4. The van der Waals surface area contributed by atoms with Crippen molar-refractivity contribution in [2.45, 2.75) is 93.7 Å². The maximum Gasteiger partial charge on any atom is 0.286 e. The predicted octanol–water partition coefficient (Wildman–Crippen LogP) is 14.8. The Morgan fingerprint density at radius 1 is 0.504 bits per heavy atom. The lowest BCUT2D eigenvalue weighted by atomic mass is 10.1. The molecule has 0 aliphatic carbocycles. The van der Waals surface area contributed by atoms with Crippen LogP contribution in [0.15, 0.2) is 248 Å². The highest BCUT2D eigenvalue weighted by Crippen LogP contribution is 2.24. The van der Waals surface area contributed by atoms with E-state index in [0.29, 0.717) is 112 Å². The van der Waals surface area contributed by atoms with E-state index in [0.717, 1.165) is 98.9 Å². The Hall–Kier alpha value is -15.7. The Balaban J connectivity index is 0.000000150. The fourth-order valence-electron chi connectivity index (χ4n) is 11.3. The van der Waals surface area contributed by atoms with Crippen molar-refractivity contribution in [3.05, 3.63) is 310 Å². The number of aryl methyl sites for hydroxylation is 8. The molecule has 13 aromatic heterocycles. The maximum absolute atomic E-state index is 12.2. The van der Waals surface area contributed by atoms with E-state index in [1.165, 1.54) is 24.5 Å². The van der Waals surface area contributed by atoms with Gasteiger partial charge in [-0.2, -0.15) is 10.4 Å². The van der Waals surface area contributed by atoms with Crippen LogP contribution in [0.2, 0.25) is 0 Å². The van der Waals surface area contributed by atoms with Crippen molar-refractivity contribution in [1.29, 1.82) is 5.26 Å². The Morgan fingerprint density at radius 2 is 1.02 bits per heavy atom. The normalized spacial score (nSPS) is 10.4. The molecule has 13 heterocycles. The molecule has 0 atom stereocenters. The minimum Gasteiger partial charge on any atom is -0.459 e. The molecular formula is C89H88N26O7S. The highest BCUT2D eigenvalue weighted by atomic mass is 32.1. The number of pyridine rings is 5. The summed E-state index contributed by atoms with van der Waals surface area (Å²) in [6.45, 7) is 15.3. The van der Waals surface area contributed by atoms with Gasteiger partial charge in [-0.3, -0.25) is 75.7 Å². The molecule has 0 bridgehead atoms. The summed E-state index contributed by atoms with van der Waals surface area (Å²) in [6, 6.07) is 62.3. The van der Waals surface area contributed by atoms with Gasteiger partial charge in [0.25, 0.3) is 17.7 Å². The zero-order valence-electron chi connectivity index (χ0n) is 68.3. The van der Waals surface area contributed by atoms with Gasteiger partial charge in [0, 0.05) is 144 Å². The number of nitrogens with one attached hydrogen (secondary N) is 8. The molecule has 622 valence electrons. The van der Waals surface area contributed by atoms with E-state index in [2.05, 4.69) is 128 Å². The minimum absolute atomic E-state index is 0.0865. The first-order chi connectivity index (χ1) is 59.9. The number of anilines is 6. The smallest absolute Gasteiger partial charge is 0.286 e. The van der Waals surface area contributed by atoms with Gasteiger partial charge in [-0.1, -0.05) is 56.3 Å². The molecule has 0 saturated carbocycles. The number of hydrogen-bond donors (Lipinski definition) is 9. The number of thiophene rings is 1. The Morgan fingerprint density at radius 3 is 1.53 bits per heavy atom. The van der Waals surface area contributed by atoms with Gasteiger partial charge < -0.3 is 25.7 Å². The first-order valence-corrected chi connectivity index (χ1v) is 39.8. The van der Waals surface area contributed by atoms with E-state index < -0.39 is 0 Å². The largest absolute Gasteiger partial charge is 0.459 e. The van der Waals surface area contributed by atoms with Gasteiger partial charge in [0.1, 0.15) is 51.7 Å². The zero-order valence-corrected chi connectivity index (χ0v) is 69.1. The lowest BCUT2D eigenvalue weighted by Gasteiger charge is -2.10. The number of aromatic nitrogens is 17. The molecule has 15 aromatic rings. The number of benzene rings is 2. The van der Waals surface area contributed by atoms with Crippen molar-refractivity contribution in [3.8, 4) is 63.7 Å². The Bertz CT molecular complexity index is 5960. The fourth-order valence-corrected chi connectivity index (χ4v) is 12.1. The van der Waals surface area contributed by atoms with Gasteiger partial charge in [0.2, 0.25) is 5.91 Å². The number of furan rings is 1. The highest BCUT2D eigenvalue weighted by molar-refractivity contribution is 7.13. The van der Waals surface area contributed by atoms with E-state index in [9.17, 15) is 19.2 Å². The van der Waals surface area contributed by atoms with E-state index in [1.54, 1.807) is 84.2 Å². The second-order valence-corrected chi connectivity index (χ2v) is 28.1. The number of rotatable bonds is 28. The van der Waals surface area contributed by atoms with E-state index >= 15 is 0 Å². The molecule has 0 unspecified atom stereocenters. The average molecular weight is 1670 g/mol. The van der Waals surface area contributed by atoms with Crippen molar-refractivity contribution >= 4 is 69.7 Å². The summed E-state index contributed by atoms with van der Waals surface area (Å²) in [5.74, 6) is 5.40. The van der Waals surface area contributed by atoms with Gasteiger partial charge in [-0.05, 0) is 193 Å². The number of carbonyl (C=O) groups excluding carboxylic acids is 4. The molecule has 0 spiro atoms. The van der Waals surface area contributed by atoms with Crippen LogP contribution >= 0.6 is 11.3 Å².